The van der Waals surface area contributed by atoms with Gasteiger partial charge < -0.3 is 24.5 Å². The molecule has 0 unspecified atom stereocenters. The first-order valence-corrected chi connectivity index (χ1v) is 10.8. The normalized spacial score (nSPS) is 13.5. The Hall–Kier alpha value is -3.74. The molecule has 1 aliphatic rings. The molecule has 0 radical (unpaired) electrons. The van der Waals surface area contributed by atoms with Crippen LogP contribution in [0.4, 0.5) is 10.1 Å². The summed E-state index contributed by atoms with van der Waals surface area (Å²) in [5.41, 5.74) is 2.82. The second-order valence-corrected chi connectivity index (χ2v) is 8.00. The summed E-state index contributed by atoms with van der Waals surface area (Å²) in [5, 5.41) is 6.11. The van der Waals surface area contributed by atoms with E-state index in [2.05, 4.69) is 10.6 Å². The second-order valence-electron chi connectivity index (χ2n) is 8.00. The smallest absolute Gasteiger partial charge is 0.247 e. The number of halogens is 1. The largest absolute Gasteiger partial charge is 0.496 e. The van der Waals surface area contributed by atoms with Crippen molar-refractivity contribution in [3.63, 3.8) is 0 Å². The average molecular weight is 451 g/mol. The lowest BCUT2D eigenvalue weighted by Crippen LogP contribution is -2.25. The third-order valence-corrected chi connectivity index (χ3v) is 5.50. The lowest BCUT2D eigenvalue weighted by molar-refractivity contribution is -0.117. The molecule has 3 aromatic rings. The summed E-state index contributed by atoms with van der Waals surface area (Å²) in [7, 11) is 3.07. The summed E-state index contributed by atoms with van der Waals surface area (Å²) in [5.74, 6) is 1.25. The van der Waals surface area contributed by atoms with Crippen molar-refractivity contribution in [3.05, 3.63) is 71.4 Å². The number of rotatable bonds is 9. The molecule has 0 saturated heterocycles. The lowest BCUT2D eigenvalue weighted by Gasteiger charge is -2.15. The molecule has 1 aromatic heterocycles. The minimum absolute atomic E-state index is 0.105. The Balaban J connectivity index is 1.61. The molecule has 0 bridgehead atoms. The van der Waals surface area contributed by atoms with Gasteiger partial charge in [0.2, 0.25) is 5.91 Å². The third-order valence-electron chi connectivity index (χ3n) is 5.50. The Kier molecular flexibility index (Phi) is 6.68. The molecule has 2 aromatic carbocycles. The number of nitrogens with one attached hydrogen (secondary N) is 2. The molecule has 1 heterocycles. The van der Waals surface area contributed by atoms with Crippen LogP contribution in [-0.4, -0.2) is 26.2 Å². The quantitative estimate of drug-likeness (QED) is 0.427. The third kappa shape index (κ3) is 5.37. The molecule has 0 spiro atoms. The van der Waals surface area contributed by atoms with Crippen molar-refractivity contribution < 1.29 is 23.1 Å². The van der Waals surface area contributed by atoms with Gasteiger partial charge >= 0.3 is 0 Å². The van der Waals surface area contributed by atoms with E-state index in [1.165, 1.54) is 13.2 Å². The van der Waals surface area contributed by atoms with Crippen molar-refractivity contribution in [2.24, 2.45) is 0 Å². The molecular formula is C26H27FN2O4. The maximum atomic E-state index is 15.1. The summed E-state index contributed by atoms with van der Waals surface area (Å²) in [6.07, 6.45) is 5.39. The zero-order valence-corrected chi connectivity index (χ0v) is 18.9. The first kappa shape index (κ1) is 22.5. The van der Waals surface area contributed by atoms with Crippen LogP contribution in [0.2, 0.25) is 0 Å². The van der Waals surface area contributed by atoms with Crippen LogP contribution in [0, 0.1) is 5.82 Å². The number of benzene rings is 2. The number of methoxy groups -OCH3 is 2. The van der Waals surface area contributed by atoms with Gasteiger partial charge in [0, 0.05) is 34.0 Å². The van der Waals surface area contributed by atoms with Crippen LogP contribution in [-0.2, 0) is 11.3 Å². The van der Waals surface area contributed by atoms with Gasteiger partial charge in [0.25, 0.3) is 0 Å². The van der Waals surface area contributed by atoms with Crippen LogP contribution >= 0.6 is 0 Å². The second kappa shape index (κ2) is 9.81. The van der Waals surface area contributed by atoms with Crippen molar-refractivity contribution in [1.29, 1.82) is 0 Å². The first-order valence-electron chi connectivity index (χ1n) is 10.8. The number of carbonyl (C=O) groups is 1. The topological polar surface area (TPSA) is 72.7 Å². The SMILES string of the molecule is COc1cc(-c2ccc(NCc3ccco3)cc2F)c(OC)cc1/C=C(\C)C(=O)NC1CC1. The lowest BCUT2D eigenvalue weighted by atomic mass is 9.99. The van der Waals surface area contributed by atoms with Crippen molar-refractivity contribution in [1.82, 2.24) is 5.32 Å². The van der Waals surface area contributed by atoms with Gasteiger partial charge in [-0.05, 0) is 68.3 Å². The van der Waals surface area contributed by atoms with Gasteiger partial charge in [0.1, 0.15) is 23.1 Å². The van der Waals surface area contributed by atoms with Gasteiger partial charge in [0.05, 0.1) is 27.0 Å². The summed E-state index contributed by atoms with van der Waals surface area (Å²) in [4.78, 5) is 12.3. The average Bonchev–Trinajstić information content (AvgIpc) is 3.47. The summed E-state index contributed by atoms with van der Waals surface area (Å²) < 4.78 is 31.5. The summed E-state index contributed by atoms with van der Waals surface area (Å²) >= 11 is 0. The van der Waals surface area contributed by atoms with E-state index < -0.39 is 5.82 Å². The number of furan rings is 1. The fraction of sp³-hybridized carbons (Fsp3) is 0.269. The molecule has 172 valence electrons. The fourth-order valence-corrected chi connectivity index (χ4v) is 3.52. The van der Waals surface area contributed by atoms with Crippen LogP contribution in [0.3, 0.4) is 0 Å². The van der Waals surface area contributed by atoms with Crippen LogP contribution in [0.1, 0.15) is 31.1 Å². The van der Waals surface area contributed by atoms with E-state index in [1.54, 1.807) is 56.7 Å². The van der Waals surface area contributed by atoms with Gasteiger partial charge in [-0.15, -0.1) is 0 Å². The molecule has 1 fully saturated rings. The molecule has 1 amide bonds. The molecule has 1 aliphatic carbocycles. The highest BCUT2D eigenvalue weighted by molar-refractivity contribution is 5.98. The van der Waals surface area contributed by atoms with Crippen LogP contribution in [0.5, 0.6) is 11.5 Å². The van der Waals surface area contributed by atoms with Crippen LogP contribution in [0.25, 0.3) is 17.2 Å². The highest BCUT2D eigenvalue weighted by Crippen LogP contribution is 2.39. The predicted molar refractivity (Wildman–Crippen MR) is 126 cm³/mol. The van der Waals surface area contributed by atoms with E-state index in [-0.39, 0.29) is 11.9 Å². The van der Waals surface area contributed by atoms with Gasteiger partial charge in [-0.25, -0.2) is 4.39 Å². The summed E-state index contributed by atoms with van der Waals surface area (Å²) in [6, 6.07) is 12.3. The molecule has 7 heteroatoms. The van der Waals surface area contributed by atoms with E-state index in [4.69, 9.17) is 13.9 Å². The molecule has 0 atom stereocenters. The first-order chi connectivity index (χ1) is 16.0. The van der Waals surface area contributed by atoms with E-state index in [0.717, 1.165) is 18.6 Å². The number of amides is 1. The van der Waals surface area contributed by atoms with Gasteiger partial charge in [-0.3, -0.25) is 4.79 Å². The predicted octanol–water partition coefficient (Wildman–Crippen LogP) is 5.40. The van der Waals surface area contributed by atoms with E-state index >= 15 is 4.39 Å². The molecule has 0 aliphatic heterocycles. The Labute approximate surface area is 192 Å². The van der Waals surface area contributed by atoms with E-state index in [1.807, 2.05) is 6.07 Å². The van der Waals surface area contributed by atoms with E-state index in [9.17, 15) is 4.79 Å². The molecule has 6 nitrogen and oxygen atoms in total. The standard InChI is InChI=1S/C26H27FN2O4/c1-16(26(30)29-18-6-7-18)11-17-12-25(32-3)22(14-24(17)31-2)21-9-8-19(13-23(21)27)28-15-20-5-4-10-33-20/h4-5,8-14,18,28H,6-7,15H2,1-3H3,(H,29,30)/b16-11+. The highest BCUT2D eigenvalue weighted by Gasteiger charge is 2.24. The number of hydrogen-bond acceptors (Lipinski definition) is 5. The minimum atomic E-state index is -0.400. The van der Waals surface area contributed by atoms with Crippen LogP contribution < -0.4 is 20.1 Å². The molecule has 2 N–H and O–H groups in total. The van der Waals surface area contributed by atoms with Gasteiger partial charge in [0.15, 0.2) is 0 Å². The monoisotopic (exact) mass is 450 g/mol. The number of anilines is 1. The minimum Gasteiger partial charge on any atom is -0.496 e. The molecular weight excluding hydrogens is 423 g/mol. The van der Waals surface area contributed by atoms with Crippen molar-refractivity contribution >= 4 is 17.7 Å². The van der Waals surface area contributed by atoms with Crippen LogP contribution in [0.15, 0.2) is 58.7 Å². The Morgan fingerprint density at radius 1 is 1.12 bits per heavy atom. The maximum Gasteiger partial charge on any atom is 0.247 e. The van der Waals surface area contributed by atoms with Crippen molar-refractivity contribution in [2.75, 3.05) is 19.5 Å². The highest BCUT2D eigenvalue weighted by atomic mass is 19.1. The molecule has 33 heavy (non-hydrogen) atoms. The Morgan fingerprint density at radius 3 is 2.55 bits per heavy atom. The van der Waals surface area contributed by atoms with Gasteiger partial charge in [-0.1, -0.05) is 0 Å². The van der Waals surface area contributed by atoms with Gasteiger partial charge in [-0.2, -0.15) is 0 Å². The van der Waals surface area contributed by atoms with Crippen molar-refractivity contribution in [3.8, 4) is 22.6 Å². The fourth-order valence-electron chi connectivity index (χ4n) is 3.52. The Bertz CT molecular complexity index is 1170. The van der Waals surface area contributed by atoms with Crippen molar-refractivity contribution in [2.45, 2.75) is 32.4 Å². The van der Waals surface area contributed by atoms with E-state index in [0.29, 0.717) is 46.0 Å². The zero-order valence-electron chi connectivity index (χ0n) is 18.9. The number of carbonyl (C=O) groups excluding carboxylic acids is 1. The Morgan fingerprint density at radius 2 is 1.91 bits per heavy atom. The molecule has 1 saturated carbocycles. The zero-order chi connectivity index (χ0) is 23.4. The maximum absolute atomic E-state index is 15.1. The summed E-state index contributed by atoms with van der Waals surface area (Å²) in [6.45, 7) is 2.21. The molecule has 4 rings (SSSR count). The number of hydrogen-bond donors (Lipinski definition) is 2. The number of ether oxygens (including phenoxy) is 2.